The molecule has 0 amide bonds. The quantitative estimate of drug-likeness (QED) is 0.467. The molecule has 0 atom stereocenters. The summed E-state index contributed by atoms with van der Waals surface area (Å²) in [6.45, 7) is 0. The second-order valence-corrected chi connectivity index (χ2v) is 10.6. The maximum Gasteiger partial charge on any atom is 1.00 e. The number of hydrogen-bond acceptors (Lipinski definition) is 2. The molecule has 20 heavy (non-hydrogen) atoms. The third kappa shape index (κ3) is 6.62. The Balaban J connectivity index is 0.00000200. The van der Waals surface area contributed by atoms with Crippen LogP contribution in [0, 0.1) is 0 Å². The fourth-order valence-corrected chi connectivity index (χ4v) is 8.86. The molecule has 0 aromatic carbocycles. The zero-order valence-electron chi connectivity index (χ0n) is 13.8. The van der Waals surface area contributed by atoms with E-state index in [9.17, 15) is 8.42 Å². The van der Waals surface area contributed by atoms with Crippen LogP contribution >= 0.6 is 7.92 Å². The molecule has 0 radical (unpaired) electrons. The van der Waals surface area contributed by atoms with Crippen LogP contribution in [0.15, 0.2) is 0 Å². The van der Waals surface area contributed by atoms with Crippen molar-refractivity contribution in [1.29, 1.82) is 0 Å². The normalized spacial score (nSPS) is 22.7. The Morgan fingerprint density at radius 2 is 1.30 bits per heavy atom. The van der Waals surface area contributed by atoms with Crippen molar-refractivity contribution in [3.63, 3.8) is 0 Å². The molecule has 1 N–H and O–H groups in total. The van der Waals surface area contributed by atoms with E-state index in [1.807, 2.05) is 0 Å². The van der Waals surface area contributed by atoms with Crippen LogP contribution < -0.4 is 29.6 Å². The molecule has 0 aliphatic heterocycles. The average Bonchev–Trinajstić information content (AvgIpc) is 2.40. The van der Waals surface area contributed by atoms with Gasteiger partial charge in [-0.15, -0.1) is 0 Å². The summed E-state index contributed by atoms with van der Waals surface area (Å²) in [4.78, 5) is 0. The van der Waals surface area contributed by atoms with Crippen molar-refractivity contribution in [2.75, 3.05) is 11.9 Å². The predicted molar refractivity (Wildman–Crippen MR) is 83.1 cm³/mol. The standard InChI is InChI=1S/C14H27O3PS.Na.H/c15-19(16,17)12-11-18(13-7-3-1-4-8-13)14-9-5-2-6-10-14;;/h13-14H,1-12H2,(H,15,16,17);;/q;+1;-1. The monoisotopic (exact) mass is 330 g/mol. The van der Waals surface area contributed by atoms with Gasteiger partial charge >= 0.3 is 29.6 Å². The molecule has 114 valence electrons. The average molecular weight is 330 g/mol. The van der Waals surface area contributed by atoms with E-state index in [1.165, 1.54) is 64.2 Å². The largest absolute Gasteiger partial charge is 1.00 e. The molecule has 0 aromatic heterocycles. The molecule has 2 aliphatic carbocycles. The Bertz CT molecular complexity index is 350. The van der Waals surface area contributed by atoms with Crippen LogP contribution in [0.2, 0.25) is 0 Å². The first-order chi connectivity index (χ1) is 9.06. The first-order valence-corrected chi connectivity index (χ1v) is 11.0. The van der Waals surface area contributed by atoms with Crippen molar-refractivity contribution >= 4 is 18.0 Å². The number of rotatable bonds is 5. The summed E-state index contributed by atoms with van der Waals surface area (Å²) in [5.41, 5.74) is 1.54. The molecular weight excluding hydrogens is 302 g/mol. The molecule has 0 unspecified atom stereocenters. The van der Waals surface area contributed by atoms with Gasteiger partial charge in [-0.3, -0.25) is 4.55 Å². The van der Waals surface area contributed by atoms with Crippen molar-refractivity contribution in [3.8, 4) is 0 Å². The minimum absolute atomic E-state index is 0. The van der Waals surface area contributed by atoms with Gasteiger partial charge in [0, 0.05) is 0 Å². The van der Waals surface area contributed by atoms with Gasteiger partial charge in [0.1, 0.15) is 0 Å². The van der Waals surface area contributed by atoms with Crippen molar-refractivity contribution in [2.45, 2.75) is 75.5 Å². The van der Waals surface area contributed by atoms with Gasteiger partial charge in [0.2, 0.25) is 0 Å². The van der Waals surface area contributed by atoms with Crippen LogP contribution in [0.5, 0.6) is 0 Å². The van der Waals surface area contributed by atoms with Gasteiger partial charge in [-0.2, -0.15) is 8.42 Å². The Morgan fingerprint density at radius 1 is 0.900 bits per heavy atom. The van der Waals surface area contributed by atoms with Crippen LogP contribution in [0.1, 0.15) is 65.6 Å². The summed E-state index contributed by atoms with van der Waals surface area (Å²) in [6.07, 6.45) is 13.9. The molecular formula is C14H28NaO3PS. The Kier molecular flexibility index (Phi) is 9.18. The molecule has 0 heterocycles. The maximum atomic E-state index is 11.1. The van der Waals surface area contributed by atoms with E-state index in [0.29, 0.717) is 0 Å². The maximum absolute atomic E-state index is 11.1. The Labute approximate surface area is 148 Å². The van der Waals surface area contributed by atoms with Gasteiger partial charge < -0.3 is 1.43 Å². The van der Waals surface area contributed by atoms with E-state index in [2.05, 4.69) is 0 Å². The SMILES string of the molecule is O=S(=O)(O)CCP(C1CCCCC1)C1CCCCC1.[H-].[Na+]. The molecule has 2 fully saturated rings. The van der Waals surface area contributed by atoms with Crippen molar-refractivity contribution in [3.05, 3.63) is 0 Å². The van der Waals surface area contributed by atoms with Crippen LogP contribution in [0.25, 0.3) is 0 Å². The van der Waals surface area contributed by atoms with Gasteiger partial charge in [-0.25, -0.2) is 0 Å². The second kappa shape index (κ2) is 9.47. The summed E-state index contributed by atoms with van der Waals surface area (Å²) < 4.78 is 31.2. The van der Waals surface area contributed by atoms with Crippen molar-refractivity contribution in [2.24, 2.45) is 0 Å². The third-order valence-corrected chi connectivity index (χ3v) is 9.37. The van der Waals surface area contributed by atoms with Crippen molar-refractivity contribution < 1.29 is 44.0 Å². The molecule has 2 aliphatic rings. The van der Waals surface area contributed by atoms with Gasteiger partial charge in [-0.05, 0) is 43.2 Å². The van der Waals surface area contributed by atoms with Gasteiger partial charge in [0.15, 0.2) is 0 Å². The molecule has 3 nitrogen and oxygen atoms in total. The molecule has 0 spiro atoms. The molecule has 2 rings (SSSR count). The fraction of sp³-hybridized carbons (Fsp3) is 1.00. The molecule has 6 heteroatoms. The van der Waals surface area contributed by atoms with E-state index < -0.39 is 10.1 Å². The summed E-state index contributed by atoms with van der Waals surface area (Å²) in [5, 5.41) is 0. The first kappa shape index (κ1) is 19.4. The smallest absolute Gasteiger partial charge is 1.00 e. The van der Waals surface area contributed by atoms with Gasteiger partial charge in [-0.1, -0.05) is 46.4 Å². The number of hydrogen-bond donors (Lipinski definition) is 1. The predicted octanol–water partition coefficient (Wildman–Crippen LogP) is 1.14. The molecule has 2 saturated carbocycles. The minimum Gasteiger partial charge on any atom is -1.00 e. The fourth-order valence-electron chi connectivity index (χ4n) is 3.71. The minimum atomic E-state index is -3.78. The van der Waals surface area contributed by atoms with E-state index in [0.717, 1.165) is 17.5 Å². The van der Waals surface area contributed by atoms with E-state index in [-0.39, 0.29) is 44.7 Å². The molecule has 0 saturated heterocycles. The summed E-state index contributed by atoms with van der Waals surface area (Å²) in [7, 11) is -3.98. The summed E-state index contributed by atoms with van der Waals surface area (Å²) >= 11 is 0. The summed E-state index contributed by atoms with van der Waals surface area (Å²) in [6, 6.07) is 0. The zero-order valence-corrected chi connectivity index (χ0v) is 16.5. The van der Waals surface area contributed by atoms with Gasteiger partial charge in [0.25, 0.3) is 10.1 Å². The molecule has 0 bridgehead atoms. The second-order valence-electron chi connectivity index (χ2n) is 6.11. The van der Waals surface area contributed by atoms with E-state index >= 15 is 0 Å². The van der Waals surface area contributed by atoms with Crippen LogP contribution in [-0.4, -0.2) is 36.2 Å². The van der Waals surface area contributed by atoms with Gasteiger partial charge in [0.05, 0.1) is 5.75 Å². The Morgan fingerprint density at radius 3 is 1.65 bits per heavy atom. The zero-order chi connectivity index (χ0) is 13.7. The molecule has 0 aromatic rings. The van der Waals surface area contributed by atoms with Crippen LogP contribution in [0.3, 0.4) is 0 Å². The van der Waals surface area contributed by atoms with E-state index in [1.54, 1.807) is 0 Å². The van der Waals surface area contributed by atoms with Crippen LogP contribution in [0.4, 0.5) is 0 Å². The van der Waals surface area contributed by atoms with Crippen molar-refractivity contribution in [1.82, 2.24) is 0 Å². The third-order valence-electron chi connectivity index (χ3n) is 4.69. The Hall–Kier alpha value is 1.34. The van der Waals surface area contributed by atoms with E-state index in [4.69, 9.17) is 4.55 Å². The first-order valence-electron chi connectivity index (χ1n) is 7.77. The topological polar surface area (TPSA) is 54.4 Å². The summed E-state index contributed by atoms with van der Waals surface area (Å²) in [5.74, 6) is -0.00823. The van der Waals surface area contributed by atoms with Crippen LogP contribution in [-0.2, 0) is 10.1 Å².